The van der Waals surface area contributed by atoms with Gasteiger partial charge in [0, 0.05) is 18.5 Å². The van der Waals surface area contributed by atoms with Gasteiger partial charge in [-0.15, -0.1) is 10.2 Å². The summed E-state index contributed by atoms with van der Waals surface area (Å²) in [5.41, 5.74) is -0.0574. The number of aromatic nitrogens is 2. The Kier molecular flexibility index (Phi) is 2.53. The molecule has 0 radical (unpaired) electrons. The highest BCUT2D eigenvalue weighted by Gasteiger charge is 2.39. The molecule has 1 atom stereocenters. The second-order valence-electron chi connectivity index (χ2n) is 4.22. The molecule has 0 bridgehead atoms. The van der Waals surface area contributed by atoms with Crippen molar-refractivity contribution in [3.63, 3.8) is 0 Å². The number of rotatable bonds is 1. The summed E-state index contributed by atoms with van der Waals surface area (Å²) in [6.07, 6.45) is -0.287. The third-order valence-corrected chi connectivity index (χ3v) is 3.97. The van der Waals surface area contributed by atoms with Crippen LogP contribution in [0.5, 0.6) is 0 Å². The lowest BCUT2D eigenvalue weighted by molar-refractivity contribution is 0.0964. The fourth-order valence-corrected chi connectivity index (χ4v) is 2.69. The van der Waals surface area contributed by atoms with Gasteiger partial charge in [0.2, 0.25) is 5.13 Å². The molecule has 6 heteroatoms. The number of aliphatic hydroxyl groups excluding tert-OH is 1. The highest BCUT2D eigenvalue weighted by atomic mass is 79.9. The van der Waals surface area contributed by atoms with E-state index in [9.17, 15) is 5.11 Å². The van der Waals surface area contributed by atoms with Gasteiger partial charge in [0.1, 0.15) is 0 Å². The summed E-state index contributed by atoms with van der Waals surface area (Å²) in [7, 11) is 0. The molecule has 1 N–H and O–H groups in total. The van der Waals surface area contributed by atoms with Crippen molar-refractivity contribution >= 4 is 32.4 Å². The number of halogens is 1. The number of nitrogens with zero attached hydrogens (tertiary/aromatic N) is 3. The van der Waals surface area contributed by atoms with Crippen LogP contribution in [-0.2, 0) is 0 Å². The van der Waals surface area contributed by atoms with Crippen molar-refractivity contribution in [2.45, 2.75) is 20.0 Å². The highest BCUT2D eigenvalue weighted by Crippen LogP contribution is 2.34. The summed E-state index contributed by atoms with van der Waals surface area (Å²) in [4.78, 5) is 2.08. The first-order chi connectivity index (χ1) is 6.49. The minimum atomic E-state index is -0.287. The molecule has 1 saturated heterocycles. The van der Waals surface area contributed by atoms with Gasteiger partial charge in [0.05, 0.1) is 6.10 Å². The summed E-state index contributed by atoms with van der Waals surface area (Å²) in [6.45, 7) is 5.60. The Morgan fingerprint density at radius 1 is 1.57 bits per heavy atom. The van der Waals surface area contributed by atoms with E-state index in [0.29, 0.717) is 6.54 Å². The van der Waals surface area contributed by atoms with Gasteiger partial charge in [-0.2, -0.15) is 0 Å². The average molecular weight is 278 g/mol. The van der Waals surface area contributed by atoms with Crippen molar-refractivity contribution in [2.75, 3.05) is 18.0 Å². The van der Waals surface area contributed by atoms with E-state index >= 15 is 0 Å². The molecule has 78 valence electrons. The number of aliphatic hydroxyl groups is 1. The zero-order valence-electron chi connectivity index (χ0n) is 8.07. The molecule has 1 unspecified atom stereocenters. The van der Waals surface area contributed by atoms with Gasteiger partial charge in [-0.3, -0.25) is 0 Å². The van der Waals surface area contributed by atoms with E-state index in [1.165, 1.54) is 11.3 Å². The number of anilines is 1. The van der Waals surface area contributed by atoms with Crippen molar-refractivity contribution in [1.82, 2.24) is 10.2 Å². The Labute approximate surface area is 95.1 Å². The fourth-order valence-electron chi connectivity index (χ4n) is 1.59. The third-order valence-electron chi connectivity index (χ3n) is 2.55. The van der Waals surface area contributed by atoms with Crippen LogP contribution in [-0.4, -0.2) is 34.5 Å². The van der Waals surface area contributed by atoms with Crippen LogP contribution in [0.3, 0.4) is 0 Å². The maximum atomic E-state index is 9.80. The normalized spacial score (nSPS) is 25.7. The smallest absolute Gasteiger partial charge is 0.209 e. The molecule has 1 aromatic heterocycles. The topological polar surface area (TPSA) is 49.2 Å². The number of β-amino-alcohol motifs (C(OH)–C–C–N with tert-alkyl or cyclic N) is 1. The molecule has 4 nitrogen and oxygen atoms in total. The van der Waals surface area contributed by atoms with Crippen LogP contribution in [0, 0.1) is 5.41 Å². The van der Waals surface area contributed by atoms with Crippen LogP contribution in [0.4, 0.5) is 5.13 Å². The molecule has 0 saturated carbocycles. The maximum absolute atomic E-state index is 9.80. The first-order valence-corrected chi connectivity index (χ1v) is 6.02. The summed E-state index contributed by atoms with van der Waals surface area (Å²) >= 11 is 4.78. The Bertz CT molecular complexity index is 341. The van der Waals surface area contributed by atoms with Gasteiger partial charge < -0.3 is 10.0 Å². The predicted molar refractivity (Wildman–Crippen MR) is 59.6 cm³/mol. The molecule has 1 aliphatic rings. The minimum absolute atomic E-state index is 0.0574. The van der Waals surface area contributed by atoms with Gasteiger partial charge >= 0.3 is 0 Å². The lowest BCUT2D eigenvalue weighted by atomic mass is 9.90. The van der Waals surface area contributed by atoms with Crippen LogP contribution in [0.2, 0.25) is 0 Å². The Hall–Kier alpha value is -0.200. The van der Waals surface area contributed by atoms with Crippen molar-refractivity contribution in [1.29, 1.82) is 0 Å². The predicted octanol–water partition coefficient (Wildman–Crippen LogP) is 1.51. The zero-order chi connectivity index (χ0) is 10.3. The van der Waals surface area contributed by atoms with Crippen molar-refractivity contribution in [3.05, 3.63) is 3.92 Å². The van der Waals surface area contributed by atoms with Gasteiger partial charge in [-0.05, 0) is 15.9 Å². The number of hydrogen-bond acceptors (Lipinski definition) is 5. The van der Waals surface area contributed by atoms with Crippen LogP contribution in [0.15, 0.2) is 3.92 Å². The standard InChI is InChI=1S/C8H12BrN3OS/c1-8(2)4-12(3-5(8)13)7-11-10-6(9)14-7/h5,13H,3-4H2,1-2H3. The molecular formula is C8H12BrN3OS. The molecule has 1 aromatic rings. The maximum Gasteiger partial charge on any atom is 0.209 e. The molecule has 0 aliphatic carbocycles. The quantitative estimate of drug-likeness (QED) is 0.846. The van der Waals surface area contributed by atoms with Crippen LogP contribution in [0.1, 0.15) is 13.8 Å². The highest BCUT2D eigenvalue weighted by molar-refractivity contribution is 9.11. The number of hydrogen-bond donors (Lipinski definition) is 1. The van der Waals surface area contributed by atoms with Crippen LogP contribution < -0.4 is 4.90 Å². The van der Waals surface area contributed by atoms with Gasteiger partial charge in [-0.25, -0.2) is 0 Å². The largest absolute Gasteiger partial charge is 0.391 e. The van der Waals surface area contributed by atoms with Crippen LogP contribution >= 0.6 is 27.3 Å². The first-order valence-electron chi connectivity index (χ1n) is 4.41. The van der Waals surface area contributed by atoms with Gasteiger partial charge in [0.15, 0.2) is 3.92 Å². The van der Waals surface area contributed by atoms with E-state index in [0.717, 1.165) is 15.6 Å². The molecule has 0 spiro atoms. The van der Waals surface area contributed by atoms with Crippen molar-refractivity contribution in [2.24, 2.45) is 5.41 Å². The lowest BCUT2D eigenvalue weighted by Crippen LogP contribution is -2.26. The molecular weight excluding hydrogens is 266 g/mol. The van der Waals surface area contributed by atoms with Crippen molar-refractivity contribution in [3.8, 4) is 0 Å². The molecule has 2 rings (SSSR count). The summed E-state index contributed by atoms with van der Waals surface area (Å²) in [6, 6.07) is 0. The molecule has 0 amide bonds. The molecule has 1 fully saturated rings. The lowest BCUT2D eigenvalue weighted by Gasteiger charge is -2.20. The van der Waals surface area contributed by atoms with E-state index in [-0.39, 0.29) is 11.5 Å². The van der Waals surface area contributed by atoms with E-state index in [1.807, 2.05) is 0 Å². The second kappa shape index (κ2) is 3.43. The Morgan fingerprint density at radius 2 is 2.29 bits per heavy atom. The zero-order valence-corrected chi connectivity index (χ0v) is 10.5. The molecule has 2 heterocycles. The SMILES string of the molecule is CC1(C)CN(c2nnc(Br)s2)CC1O. The van der Waals surface area contributed by atoms with Crippen molar-refractivity contribution < 1.29 is 5.11 Å². The second-order valence-corrected chi connectivity index (χ2v) is 6.45. The summed E-state index contributed by atoms with van der Waals surface area (Å²) < 4.78 is 0.784. The van der Waals surface area contributed by atoms with Gasteiger partial charge in [0.25, 0.3) is 0 Å². The Balaban J connectivity index is 2.16. The van der Waals surface area contributed by atoms with E-state index in [2.05, 4.69) is 44.9 Å². The van der Waals surface area contributed by atoms with Crippen LogP contribution in [0.25, 0.3) is 0 Å². The van der Waals surface area contributed by atoms with Gasteiger partial charge in [-0.1, -0.05) is 25.2 Å². The summed E-state index contributed by atoms with van der Waals surface area (Å²) in [5, 5.41) is 18.6. The average Bonchev–Trinajstić information content (AvgIpc) is 2.58. The molecule has 0 aromatic carbocycles. The Morgan fingerprint density at radius 3 is 2.71 bits per heavy atom. The third kappa shape index (κ3) is 1.78. The monoisotopic (exact) mass is 277 g/mol. The fraction of sp³-hybridized carbons (Fsp3) is 0.750. The van der Waals surface area contributed by atoms with E-state index in [1.54, 1.807) is 0 Å². The first kappa shape index (κ1) is 10.3. The molecule has 1 aliphatic heterocycles. The minimum Gasteiger partial charge on any atom is -0.391 e. The molecule has 14 heavy (non-hydrogen) atoms. The van der Waals surface area contributed by atoms with E-state index < -0.39 is 0 Å². The van der Waals surface area contributed by atoms with E-state index in [4.69, 9.17) is 0 Å². The summed E-state index contributed by atoms with van der Waals surface area (Å²) in [5.74, 6) is 0.